The van der Waals surface area contributed by atoms with Gasteiger partial charge in [0.15, 0.2) is 15.6 Å². The SMILES string of the molecule is Cc1ccc(Oc2ccc(S(=O)(=O)C[C@H]([C@H]3COC(C)(C)O3)N(O)C=O)cc2)cc1. The highest BCUT2D eigenvalue weighted by molar-refractivity contribution is 7.91. The Morgan fingerprint density at radius 1 is 1.17 bits per heavy atom. The van der Waals surface area contributed by atoms with E-state index in [0.717, 1.165) is 5.56 Å². The first-order valence-electron chi connectivity index (χ1n) is 9.41. The third-order valence-electron chi connectivity index (χ3n) is 4.74. The number of benzene rings is 2. The van der Waals surface area contributed by atoms with E-state index in [1.165, 1.54) is 12.1 Å². The second kappa shape index (κ2) is 8.73. The number of hydroxylamine groups is 2. The lowest BCUT2D eigenvalue weighted by molar-refractivity contribution is -0.182. The summed E-state index contributed by atoms with van der Waals surface area (Å²) in [6, 6.07) is 12.3. The summed E-state index contributed by atoms with van der Waals surface area (Å²) < 4.78 is 42.6. The number of ether oxygens (including phenoxy) is 3. The van der Waals surface area contributed by atoms with Crippen LogP contribution in [0.25, 0.3) is 0 Å². The van der Waals surface area contributed by atoms with Crippen LogP contribution in [0.15, 0.2) is 53.4 Å². The molecule has 0 saturated carbocycles. The molecule has 0 unspecified atom stereocenters. The summed E-state index contributed by atoms with van der Waals surface area (Å²) >= 11 is 0. The van der Waals surface area contributed by atoms with E-state index in [9.17, 15) is 18.4 Å². The van der Waals surface area contributed by atoms with Crippen molar-refractivity contribution in [2.24, 2.45) is 0 Å². The first kappa shape index (κ1) is 22.2. The summed E-state index contributed by atoms with van der Waals surface area (Å²) in [5.41, 5.74) is 1.10. The molecule has 1 amide bonds. The van der Waals surface area contributed by atoms with Crippen LogP contribution in [-0.4, -0.2) is 55.4 Å². The molecule has 0 spiro atoms. The van der Waals surface area contributed by atoms with Gasteiger partial charge in [0.05, 0.1) is 17.3 Å². The summed E-state index contributed by atoms with van der Waals surface area (Å²) in [6.45, 7) is 5.38. The van der Waals surface area contributed by atoms with Crippen molar-refractivity contribution in [3.8, 4) is 11.5 Å². The zero-order valence-corrected chi connectivity index (χ0v) is 17.8. The van der Waals surface area contributed by atoms with Crippen LogP contribution < -0.4 is 4.74 Å². The van der Waals surface area contributed by atoms with Crippen LogP contribution in [-0.2, 0) is 24.1 Å². The van der Waals surface area contributed by atoms with Gasteiger partial charge in [-0.2, -0.15) is 0 Å². The highest BCUT2D eigenvalue weighted by Crippen LogP contribution is 2.28. The fraction of sp³-hybridized carbons (Fsp3) is 0.381. The Morgan fingerprint density at radius 2 is 1.73 bits per heavy atom. The van der Waals surface area contributed by atoms with Gasteiger partial charge in [0, 0.05) is 0 Å². The molecule has 0 bridgehead atoms. The Bertz CT molecular complexity index is 971. The molecule has 1 aliphatic heterocycles. The van der Waals surface area contributed by atoms with Crippen molar-refractivity contribution in [3.63, 3.8) is 0 Å². The van der Waals surface area contributed by atoms with Gasteiger partial charge >= 0.3 is 0 Å². The third-order valence-corrected chi connectivity index (χ3v) is 6.51. The molecule has 0 radical (unpaired) electrons. The molecule has 9 heteroatoms. The van der Waals surface area contributed by atoms with Gasteiger partial charge in [0.2, 0.25) is 6.41 Å². The third kappa shape index (κ3) is 5.37. The zero-order valence-electron chi connectivity index (χ0n) is 17.0. The van der Waals surface area contributed by atoms with Crippen molar-refractivity contribution in [2.45, 2.75) is 43.6 Å². The number of amides is 1. The molecule has 30 heavy (non-hydrogen) atoms. The van der Waals surface area contributed by atoms with Crippen molar-refractivity contribution in [1.29, 1.82) is 0 Å². The van der Waals surface area contributed by atoms with E-state index >= 15 is 0 Å². The number of sulfone groups is 1. The van der Waals surface area contributed by atoms with Crippen molar-refractivity contribution in [1.82, 2.24) is 5.06 Å². The molecule has 1 heterocycles. The van der Waals surface area contributed by atoms with Crippen molar-refractivity contribution >= 4 is 16.2 Å². The molecule has 1 aliphatic rings. The topological polar surface area (TPSA) is 102 Å². The van der Waals surface area contributed by atoms with Gasteiger partial charge in [-0.25, -0.2) is 13.5 Å². The van der Waals surface area contributed by atoms with Gasteiger partial charge in [0.1, 0.15) is 23.6 Å². The van der Waals surface area contributed by atoms with Crippen LogP contribution in [0.4, 0.5) is 0 Å². The van der Waals surface area contributed by atoms with Crippen molar-refractivity contribution in [2.75, 3.05) is 12.4 Å². The van der Waals surface area contributed by atoms with E-state index in [1.807, 2.05) is 31.2 Å². The predicted octanol–water partition coefficient (Wildman–Crippen LogP) is 2.93. The molecule has 162 valence electrons. The number of aryl methyl sites for hydroxylation is 1. The number of hydrogen-bond acceptors (Lipinski definition) is 7. The molecule has 2 aromatic carbocycles. The smallest absolute Gasteiger partial charge is 0.233 e. The summed E-state index contributed by atoms with van der Waals surface area (Å²) in [5.74, 6) is -0.324. The Morgan fingerprint density at radius 3 is 2.23 bits per heavy atom. The molecule has 2 atom stereocenters. The maximum atomic E-state index is 12.9. The van der Waals surface area contributed by atoms with E-state index in [0.29, 0.717) is 16.6 Å². The van der Waals surface area contributed by atoms with Gasteiger partial charge in [-0.1, -0.05) is 17.7 Å². The molecule has 1 fully saturated rings. The van der Waals surface area contributed by atoms with Gasteiger partial charge in [-0.15, -0.1) is 0 Å². The fourth-order valence-corrected chi connectivity index (χ4v) is 4.68. The molecule has 3 rings (SSSR count). The predicted molar refractivity (Wildman–Crippen MR) is 108 cm³/mol. The Labute approximate surface area is 175 Å². The molecule has 2 aromatic rings. The maximum absolute atomic E-state index is 12.9. The van der Waals surface area contributed by atoms with E-state index in [4.69, 9.17) is 14.2 Å². The quantitative estimate of drug-likeness (QED) is 0.386. The molecule has 1 saturated heterocycles. The standard InChI is InChI=1S/C21H25NO7S/c1-15-4-6-16(7-5-15)28-17-8-10-18(11-9-17)30(25,26)13-19(22(24)14-23)20-12-27-21(2,3)29-20/h4-11,14,19-20,24H,12-13H2,1-3H3/t19-,20-/m1/s1. The minimum atomic E-state index is -3.84. The molecule has 8 nitrogen and oxygen atoms in total. The molecule has 1 N–H and O–H groups in total. The van der Waals surface area contributed by atoms with Crippen LogP contribution in [0.2, 0.25) is 0 Å². The average Bonchev–Trinajstić information content (AvgIpc) is 3.07. The van der Waals surface area contributed by atoms with E-state index in [-0.39, 0.29) is 17.9 Å². The zero-order chi connectivity index (χ0) is 21.9. The highest BCUT2D eigenvalue weighted by Gasteiger charge is 2.41. The lowest BCUT2D eigenvalue weighted by Gasteiger charge is -2.27. The molecule has 0 aromatic heterocycles. The molecular formula is C21H25NO7S. The van der Waals surface area contributed by atoms with E-state index in [2.05, 4.69) is 0 Å². The van der Waals surface area contributed by atoms with E-state index in [1.54, 1.807) is 26.0 Å². The second-order valence-corrected chi connectivity index (χ2v) is 9.62. The number of nitrogens with zero attached hydrogens (tertiary/aromatic N) is 1. The summed E-state index contributed by atoms with van der Waals surface area (Å²) in [4.78, 5) is 11.1. The minimum absolute atomic E-state index is 0.0428. The van der Waals surface area contributed by atoms with Gasteiger partial charge in [0.25, 0.3) is 0 Å². The first-order chi connectivity index (χ1) is 14.1. The first-order valence-corrected chi connectivity index (χ1v) is 11.1. The number of hydrogen-bond donors (Lipinski definition) is 1. The summed E-state index contributed by atoms with van der Waals surface area (Å²) in [7, 11) is -3.84. The van der Waals surface area contributed by atoms with Crippen LogP contribution in [0.3, 0.4) is 0 Å². The monoisotopic (exact) mass is 435 g/mol. The second-order valence-electron chi connectivity index (χ2n) is 7.59. The molecule has 0 aliphatic carbocycles. The largest absolute Gasteiger partial charge is 0.457 e. The van der Waals surface area contributed by atoms with Gasteiger partial charge < -0.3 is 14.2 Å². The minimum Gasteiger partial charge on any atom is -0.457 e. The average molecular weight is 435 g/mol. The maximum Gasteiger partial charge on any atom is 0.233 e. The number of carbonyl (C=O) groups is 1. The Kier molecular flexibility index (Phi) is 6.47. The highest BCUT2D eigenvalue weighted by atomic mass is 32.2. The number of carbonyl (C=O) groups excluding carboxylic acids is 1. The van der Waals surface area contributed by atoms with Crippen molar-refractivity contribution < 1.29 is 32.6 Å². The van der Waals surface area contributed by atoms with Gasteiger partial charge in [-0.3, -0.25) is 10.0 Å². The Hall–Kier alpha value is -2.46. The van der Waals surface area contributed by atoms with Crippen LogP contribution in [0.1, 0.15) is 19.4 Å². The summed E-state index contributed by atoms with van der Waals surface area (Å²) in [6.07, 6.45) is -0.623. The lowest BCUT2D eigenvalue weighted by Crippen LogP contribution is -2.47. The number of rotatable bonds is 8. The van der Waals surface area contributed by atoms with E-state index < -0.39 is 33.5 Å². The van der Waals surface area contributed by atoms with Crippen LogP contribution >= 0.6 is 0 Å². The van der Waals surface area contributed by atoms with Crippen LogP contribution in [0.5, 0.6) is 11.5 Å². The Balaban J connectivity index is 1.74. The van der Waals surface area contributed by atoms with Crippen molar-refractivity contribution in [3.05, 3.63) is 54.1 Å². The van der Waals surface area contributed by atoms with Gasteiger partial charge in [-0.05, 0) is 57.2 Å². The van der Waals surface area contributed by atoms with Crippen LogP contribution in [0, 0.1) is 6.92 Å². The fourth-order valence-electron chi connectivity index (χ4n) is 3.12. The lowest BCUT2D eigenvalue weighted by atomic mass is 10.2. The summed E-state index contributed by atoms with van der Waals surface area (Å²) in [5, 5.41) is 10.3. The normalized spacial score (nSPS) is 19.3. The molecular weight excluding hydrogens is 410 g/mol.